The summed E-state index contributed by atoms with van der Waals surface area (Å²) < 4.78 is 5.31. The summed E-state index contributed by atoms with van der Waals surface area (Å²) in [5.41, 5.74) is 3.37. The summed E-state index contributed by atoms with van der Waals surface area (Å²) in [5, 5.41) is 7.33. The molecule has 2 heterocycles. The highest BCUT2D eigenvalue weighted by Gasteiger charge is 2.24. The molecule has 0 unspecified atom stereocenters. The maximum Gasteiger partial charge on any atom is 0.244 e. The van der Waals surface area contributed by atoms with Gasteiger partial charge in [-0.25, -0.2) is 0 Å². The van der Waals surface area contributed by atoms with Crippen molar-refractivity contribution in [3.05, 3.63) is 60.5 Å². The second kappa shape index (κ2) is 5.14. The summed E-state index contributed by atoms with van der Waals surface area (Å²) in [6.07, 6.45) is 1.06. The fraction of sp³-hybridized carbons (Fsp3) is 0.176. The Morgan fingerprint density at radius 2 is 1.57 bits per heavy atom. The summed E-state index contributed by atoms with van der Waals surface area (Å²) >= 11 is 0. The van der Waals surface area contributed by atoms with E-state index in [-0.39, 0.29) is 6.04 Å². The van der Waals surface area contributed by atoms with Gasteiger partial charge in [-0.15, -0.1) is 0 Å². The Bertz CT molecular complexity index is 730. The molecule has 3 aromatic rings. The fourth-order valence-corrected chi connectivity index (χ4v) is 2.44. The number of aromatic nitrogens is 2. The molecule has 1 N–H and O–H groups in total. The van der Waals surface area contributed by atoms with Gasteiger partial charge in [-0.3, -0.25) is 0 Å². The van der Waals surface area contributed by atoms with Gasteiger partial charge in [0, 0.05) is 5.56 Å². The van der Waals surface area contributed by atoms with E-state index in [4.69, 9.17) is 4.52 Å². The van der Waals surface area contributed by atoms with Crippen molar-refractivity contribution in [1.82, 2.24) is 15.5 Å². The van der Waals surface area contributed by atoms with E-state index in [0.717, 1.165) is 18.5 Å². The van der Waals surface area contributed by atoms with Crippen molar-refractivity contribution < 1.29 is 4.52 Å². The Kier molecular flexibility index (Phi) is 3.01. The van der Waals surface area contributed by atoms with E-state index < -0.39 is 0 Å². The number of hydrogen-bond donors (Lipinski definition) is 1. The standard InChI is InChI=1S/C17H15N3O/c1-2-4-12(5-3-1)13-6-8-14(9-7-13)16-19-17(21-20-16)15-10-11-18-15/h1-9,15,18H,10-11H2/t15-/m0/s1. The molecule has 1 aromatic heterocycles. The normalized spacial score (nSPS) is 17.4. The number of nitrogens with zero attached hydrogens (tertiary/aromatic N) is 2. The van der Waals surface area contributed by atoms with E-state index in [1.165, 1.54) is 11.1 Å². The molecule has 0 saturated carbocycles. The Hall–Kier alpha value is -2.46. The van der Waals surface area contributed by atoms with E-state index in [0.29, 0.717) is 11.7 Å². The maximum absolute atomic E-state index is 5.31. The molecule has 0 amide bonds. The molecule has 4 nitrogen and oxygen atoms in total. The third-order valence-corrected chi connectivity index (χ3v) is 3.81. The predicted molar refractivity (Wildman–Crippen MR) is 80.5 cm³/mol. The SMILES string of the molecule is c1ccc(-c2ccc(-c3noc([C@@H]4CCN4)n3)cc2)cc1. The van der Waals surface area contributed by atoms with Crippen LogP contribution in [-0.4, -0.2) is 16.7 Å². The lowest BCUT2D eigenvalue weighted by molar-refractivity contribution is 0.273. The number of benzene rings is 2. The van der Waals surface area contributed by atoms with Gasteiger partial charge < -0.3 is 9.84 Å². The van der Waals surface area contributed by atoms with Crippen LogP contribution in [0.2, 0.25) is 0 Å². The van der Waals surface area contributed by atoms with Crippen LogP contribution in [0.15, 0.2) is 59.1 Å². The van der Waals surface area contributed by atoms with Crippen molar-refractivity contribution in [1.29, 1.82) is 0 Å². The van der Waals surface area contributed by atoms with Gasteiger partial charge in [-0.05, 0) is 24.1 Å². The van der Waals surface area contributed by atoms with Crippen LogP contribution in [0.3, 0.4) is 0 Å². The van der Waals surface area contributed by atoms with Crippen LogP contribution in [0.4, 0.5) is 0 Å². The molecule has 1 atom stereocenters. The summed E-state index contributed by atoms with van der Waals surface area (Å²) in [4.78, 5) is 4.46. The van der Waals surface area contributed by atoms with Crippen molar-refractivity contribution in [2.75, 3.05) is 6.54 Å². The van der Waals surface area contributed by atoms with Crippen LogP contribution in [0.25, 0.3) is 22.5 Å². The van der Waals surface area contributed by atoms with Gasteiger partial charge in [0.2, 0.25) is 11.7 Å². The summed E-state index contributed by atoms with van der Waals surface area (Å²) in [5.74, 6) is 1.33. The highest BCUT2D eigenvalue weighted by Crippen LogP contribution is 2.26. The average molecular weight is 277 g/mol. The fourth-order valence-electron chi connectivity index (χ4n) is 2.44. The molecular formula is C17H15N3O. The van der Waals surface area contributed by atoms with Gasteiger partial charge in [0.15, 0.2) is 0 Å². The van der Waals surface area contributed by atoms with E-state index in [9.17, 15) is 0 Å². The minimum absolute atomic E-state index is 0.231. The molecule has 2 aromatic carbocycles. The molecule has 1 aliphatic rings. The minimum atomic E-state index is 0.231. The molecule has 0 spiro atoms. The zero-order valence-electron chi connectivity index (χ0n) is 11.5. The van der Waals surface area contributed by atoms with Gasteiger partial charge >= 0.3 is 0 Å². The monoisotopic (exact) mass is 277 g/mol. The van der Waals surface area contributed by atoms with Crippen LogP contribution < -0.4 is 5.32 Å². The van der Waals surface area contributed by atoms with Gasteiger partial charge in [-0.1, -0.05) is 59.8 Å². The number of nitrogens with one attached hydrogen (secondary N) is 1. The van der Waals surface area contributed by atoms with Gasteiger partial charge in [-0.2, -0.15) is 4.98 Å². The topological polar surface area (TPSA) is 51.0 Å². The lowest BCUT2D eigenvalue weighted by Crippen LogP contribution is -2.35. The quantitative estimate of drug-likeness (QED) is 0.796. The molecule has 4 rings (SSSR count). The van der Waals surface area contributed by atoms with Crippen LogP contribution in [-0.2, 0) is 0 Å². The Balaban J connectivity index is 1.60. The Morgan fingerprint density at radius 1 is 0.905 bits per heavy atom. The second-order valence-corrected chi connectivity index (χ2v) is 5.19. The molecule has 0 bridgehead atoms. The average Bonchev–Trinajstić information content (AvgIpc) is 2.96. The van der Waals surface area contributed by atoms with Crippen LogP contribution >= 0.6 is 0 Å². The Morgan fingerprint density at radius 3 is 2.24 bits per heavy atom. The molecule has 4 heteroatoms. The molecule has 0 radical (unpaired) electrons. The smallest absolute Gasteiger partial charge is 0.244 e. The minimum Gasteiger partial charge on any atom is -0.337 e. The predicted octanol–water partition coefficient (Wildman–Crippen LogP) is 3.44. The van der Waals surface area contributed by atoms with E-state index in [1.807, 2.05) is 30.3 Å². The molecule has 21 heavy (non-hydrogen) atoms. The van der Waals surface area contributed by atoms with Crippen molar-refractivity contribution in [3.63, 3.8) is 0 Å². The largest absolute Gasteiger partial charge is 0.337 e. The first-order chi connectivity index (χ1) is 10.4. The van der Waals surface area contributed by atoms with Gasteiger partial charge in [0.25, 0.3) is 0 Å². The van der Waals surface area contributed by atoms with Gasteiger partial charge in [0.05, 0.1) is 6.04 Å². The first-order valence-electron chi connectivity index (χ1n) is 7.13. The summed E-state index contributed by atoms with van der Waals surface area (Å²) in [7, 11) is 0. The highest BCUT2D eigenvalue weighted by molar-refractivity contribution is 5.67. The lowest BCUT2D eigenvalue weighted by Gasteiger charge is -2.23. The number of hydrogen-bond acceptors (Lipinski definition) is 4. The molecule has 0 aliphatic carbocycles. The molecule has 104 valence electrons. The maximum atomic E-state index is 5.31. The molecular weight excluding hydrogens is 262 g/mol. The van der Waals surface area contributed by atoms with Crippen LogP contribution in [0.5, 0.6) is 0 Å². The van der Waals surface area contributed by atoms with E-state index in [2.05, 4.69) is 39.7 Å². The van der Waals surface area contributed by atoms with E-state index in [1.54, 1.807) is 0 Å². The first kappa shape index (κ1) is 12.3. The number of rotatable bonds is 3. The van der Waals surface area contributed by atoms with Crippen molar-refractivity contribution in [2.24, 2.45) is 0 Å². The van der Waals surface area contributed by atoms with Crippen LogP contribution in [0.1, 0.15) is 18.4 Å². The Labute approximate surface area is 122 Å². The first-order valence-corrected chi connectivity index (χ1v) is 7.13. The van der Waals surface area contributed by atoms with Gasteiger partial charge in [0.1, 0.15) is 0 Å². The summed E-state index contributed by atoms with van der Waals surface area (Å²) in [6.45, 7) is 1.02. The molecule has 1 fully saturated rings. The third-order valence-electron chi connectivity index (χ3n) is 3.81. The third kappa shape index (κ3) is 2.34. The zero-order chi connectivity index (χ0) is 14.1. The second-order valence-electron chi connectivity index (χ2n) is 5.19. The van der Waals surface area contributed by atoms with Crippen molar-refractivity contribution >= 4 is 0 Å². The molecule has 1 saturated heterocycles. The highest BCUT2D eigenvalue weighted by atomic mass is 16.5. The van der Waals surface area contributed by atoms with E-state index >= 15 is 0 Å². The lowest BCUT2D eigenvalue weighted by atomic mass is 10.0. The molecule has 1 aliphatic heterocycles. The van der Waals surface area contributed by atoms with Crippen LogP contribution in [0, 0.1) is 0 Å². The summed E-state index contributed by atoms with van der Waals surface area (Å²) in [6, 6.07) is 18.8. The van der Waals surface area contributed by atoms with Crippen molar-refractivity contribution in [3.8, 4) is 22.5 Å². The van der Waals surface area contributed by atoms with Crippen molar-refractivity contribution in [2.45, 2.75) is 12.5 Å². The zero-order valence-corrected chi connectivity index (χ0v) is 11.5.